The van der Waals surface area contributed by atoms with Gasteiger partial charge in [-0.2, -0.15) is 0 Å². The minimum Gasteiger partial charge on any atom is -0.400 e. The van der Waals surface area contributed by atoms with Gasteiger partial charge in [0.05, 0.1) is 17.8 Å². The quantitative estimate of drug-likeness (QED) is 0.720. The van der Waals surface area contributed by atoms with Gasteiger partial charge in [-0.15, -0.1) is 0 Å². The highest BCUT2D eigenvalue weighted by Gasteiger charge is 2.50. The van der Waals surface area contributed by atoms with E-state index in [9.17, 15) is 0 Å². The zero-order chi connectivity index (χ0) is 13.4. The largest absolute Gasteiger partial charge is 0.486 e. The van der Waals surface area contributed by atoms with E-state index in [0.29, 0.717) is 0 Å². The second-order valence-electron chi connectivity index (χ2n) is 6.63. The fraction of sp³-hybridized carbons (Fsp3) is 0.857. The molecule has 3 nitrogen and oxygen atoms in total. The molecule has 18 heavy (non-hydrogen) atoms. The van der Waals surface area contributed by atoms with Crippen LogP contribution in [0.2, 0.25) is 0 Å². The fourth-order valence-electron chi connectivity index (χ4n) is 2.53. The summed E-state index contributed by atoms with van der Waals surface area (Å²) < 4.78 is 17.2. The highest BCUT2D eigenvalue weighted by Crippen LogP contribution is 2.43. The Balaban J connectivity index is 1.99. The lowest BCUT2D eigenvalue weighted by molar-refractivity contribution is 0.00578. The first-order valence-corrected chi connectivity index (χ1v) is 6.84. The first-order valence-electron chi connectivity index (χ1n) is 6.84. The van der Waals surface area contributed by atoms with Gasteiger partial charge in [-0.05, 0) is 40.5 Å². The Morgan fingerprint density at radius 1 is 1.11 bits per heavy atom. The third kappa shape index (κ3) is 2.51. The van der Waals surface area contributed by atoms with Crippen molar-refractivity contribution in [2.75, 3.05) is 13.7 Å². The highest BCUT2D eigenvalue weighted by molar-refractivity contribution is 6.51. The maximum absolute atomic E-state index is 5.96. The van der Waals surface area contributed by atoms with Crippen molar-refractivity contribution in [2.45, 2.75) is 58.2 Å². The van der Waals surface area contributed by atoms with Crippen LogP contribution in [0.4, 0.5) is 0 Å². The molecule has 0 unspecified atom stereocenters. The van der Waals surface area contributed by atoms with Gasteiger partial charge in [0, 0.05) is 12.5 Å². The van der Waals surface area contributed by atoms with Crippen LogP contribution < -0.4 is 0 Å². The van der Waals surface area contributed by atoms with Gasteiger partial charge in [0.1, 0.15) is 0 Å². The van der Waals surface area contributed by atoms with Crippen LogP contribution in [-0.4, -0.2) is 32.0 Å². The lowest BCUT2D eigenvalue weighted by Crippen LogP contribution is -2.41. The van der Waals surface area contributed by atoms with Crippen LogP contribution in [-0.2, 0) is 14.0 Å². The molecule has 0 radical (unpaired) electrons. The molecule has 1 saturated heterocycles. The smallest absolute Gasteiger partial charge is 0.400 e. The molecule has 0 N–H and O–H groups in total. The molecule has 4 heteroatoms. The second-order valence-corrected chi connectivity index (χ2v) is 6.63. The summed E-state index contributed by atoms with van der Waals surface area (Å²) >= 11 is 0. The summed E-state index contributed by atoms with van der Waals surface area (Å²) in [5.41, 5.74) is -0.287. The molecule has 0 spiro atoms. The standard InChI is InChI=1S/C14H25BO3/c1-12(2)13(3,4)18-15(17-12)10-9-14(11-16-5)7-6-8-14/h9-10H,6-8,11H2,1-5H3/b10-9+. The Morgan fingerprint density at radius 2 is 1.67 bits per heavy atom. The van der Waals surface area contributed by atoms with Crippen LogP contribution in [0.15, 0.2) is 12.1 Å². The molecular formula is C14H25BO3. The van der Waals surface area contributed by atoms with Gasteiger partial charge >= 0.3 is 7.12 Å². The Labute approximate surface area is 111 Å². The Bertz CT molecular complexity index is 316. The summed E-state index contributed by atoms with van der Waals surface area (Å²) in [6.07, 6.45) is 5.94. The molecule has 0 amide bonds. The summed E-state index contributed by atoms with van der Waals surface area (Å²) in [6, 6.07) is 0. The van der Waals surface area contributed by atoms with Crippen molar-refractivity contribution in [3.05, 3.63) is 12.1 Å². The van der Waals surface area contributed by atoms with E-state index in [1.54, 1.807) is 7.11 Å². The highest BCUT2D eigenvalue weighted by atomic mass is 16.7. The van der Waals surface area contributed by atoms with E-state index in [1.807, 2.05) is 0 Å². The topological polar surface area (TPSA) is 27.7 Å². The molecule has 2 rings (SSSR count). The van der Waals surface area contributed by atoms with Gasteiger partial charge in [0.25, 0.3) is 0 Å². The number of ether oxygens (including phenoxy) is 1. The van der Waals surface area contributed by atoms with Crippen LogP contribution >= 0.6 is 0 Å². The van der Waals surface area contributed by atoms with Crippen molar-refractivity contribution >= 4 is 7.12 Å². The van der Waals surface area contributed by atoms with E-state index in [2.05, 4.69) is 39.7 Å². The third-order valence-corrected chi connectivity index (χ3v) is 4.66. The normalized spacial score (nSPS) is 28.6. The molecule has 1 heterocycles. The van der Waals surface area contributed by atoms with E-state index in [1.165, 1.54) is 19.3 Å². The first kappa shape index (κ1) is 14.1. The maximum Gasteiger partial charge on any atom is 0.486 e. The van der Waals surface area contributed by atoms with Gasteiger partial charge in [-0.25, -0.2) is 0 Å². The Hall–Kier alpha value is -0.315. The molecular weight excluding hydrogens is 227 g/mol. The molecule has 0 atom stereocenters. The maximum atomic E-state index is 5.96. The predicted molar refractivity (Wildman–Crippen MR) is 73.4 cm³/mol. The summed E-state index contributed by atoms with van der Waals surface area (Å²) in [5, 5.41) is 0. The molecule has 2 fully saturated rings. The molecule has 102 valence electrons. The first-order chi connectivity index (χ1) is 8.30. The van der Waals surface area contributed by atoms with Crippen molar-refractivity contribution in [2.24, 2.45) is 5.41 Å². The molecule has 1 saturated carbocycles. The molecule has 0 aromatic rings. The van der Waals surface area contributed by atoms with Gasteiger partial charge in [-0.1, -0.05) is 18.5 Å². The average Bonchev–Trinajstić information content (AvgIpc) is 2.40. The van der Waals surface area contributed by atoms with Crippen molar-refractivity contribution in [3.8, 4) is 0 Å². The van der Waals surface area contributed by atoms with Crippen LogP contribution in [0.5, 0.6) is 0 Å². The van der Waals surface area contributed by atoms with Crippen LogP contribution in [0.3, 0.4) is 0 Å². The molecule has 0 bridgehead atoms. The summed E-state index contributed by atoms with van der Waals surface area (Å²) in [4.78, 5) is 0. The van der Waals surface area contributed by atoms with E-state index in [-0.39, 0.29) is 23.7 Å². The molecule has 0 aromatic heterocycles. The SMILES string of the molecule is COCC1(/C=C/B2OC(C)(C)C(C)(C)O2)CCC1. The summed E-state index contributed by atoms with van der Waals surface area (Å²) in [6.45, 7) is 9.11. The van der Waals surface area contributed by atoms with E-state index in [4.69, 9.17) is 14.0 Å². The lowest BCUT2D eigenvalue weighted by Gasteiger charge is -2.38. The van der Waals surface area contributed by atoms with Gasteiger partial charge in [0.2, 0.25) is 0 Å². The zero-order valence-electron chi connectivity index (χ0n) is 12.3. The minimum atomic E-state index is -0.254. The monoisotopic (exact) mass is 252 g/mol. The average molecular weight is 252 g/mol. The van der Waals surface area contributed by atoms with Crippen molar-refractivity contribution < 1.29 is 14.0 Å². The van der Waals surface area contributed by atoms with Crippen LogP contribution in [0.1, 0.15) is 47.0 Å². The van der Waals surface area contributed by atoms with Gasteiger partial charge < -0.3 is 14.0 Å². The summed E-state index contributed by atoms with van der Waals surface area (Å²) in [5.74, 6) is 2.06. The van der Waals surface area contributed by atoms with Crippen LogP contribution in [0.25, 0.3) is 0 Å². The number of hydrogen-bond donors (Lipinski definition) is 0. The minimum absolute atomic E-state index is 0.221. The zero-order valence-corrected chi connectivity index (χ0v) is 12.3. The lowest BCUT2D eigenvalue weighted by atomic mass is 9.67. The van der Waals surface area contributed by atoms with E-state index < -0.39 is 0 Å². The Morgan fingerprint density at radius 3 is 2.06 bits per heavy atom. The van der Waals surface area contributed by atoms with E-state index >= 15 is 0 Å². The number of rotatable bonds is 4. The third-order valence-electron chi connectivity index (χ3n) is 4.66. The molecule has 0 aromatic carbocycles. The summed E-state index contributed by atoms with van der Waals surface area (Å²) in [7, 11) is 1.53. The van der Waals surface area contributed by atoms with Crippen molar-refractivity contribution in [1.29, 1.82) is 0 Å². The van der Waals surface area contributed by atoms with Crippen molar-refractivity contribution in [3.63, 3.8) is 0 Å². The predicted octanol–water partition coefficient (Wildman–Crippen LogP) is 2.99. The van der Waals surface area contributed by atoms with Crippen molar-refractivity contribution in [1.82, 2.24) is 0 Å². The van der Waals surface area contributed by atoms with Gasteiger partial charge in [-0.3, -0.25) is 0 Å². The molecule has 2 aliphatic rings. The fourth-order valence-corrected chi connectivity index (χ4v) is 2.53. The second kappa shape index (κ2) is 4.66. The Kier molecular flexibility index (Phi) is 3.65. The number of methoxy groups -OCH3 is 1. The van der Waals surface area contributed by atoms with Gasteiger partial charge in [0.15, 0.2) is 0 Å². The van der Waals surface area contributed by atoms with E-state index in [0.717, 1.165) is 6.61 Å². The number of hydrogen-bond acceptors (Lipinski definition) is 3. The van der Waals surface area contributed by atoms with Crippen LogP contribution in [0, 0.1) is 5.41 Å². The molecule has 1 aliphatic heterocycles. The molecule has 1 aliphatic carbocycles.